The number of piperidine rings is 1. The summed E-state index contributed by atoms with van der Waals surface area (Å²) in [4.78, 5) is 14.5. The van der Waals surface area contributed by atoms with Crippen molar-refractivity contribution in [2.75, 3.05) is 26.0 Å². The number of amides is 1. The Kier molecular flexibility index (Phi) is 5.14. The highest BCUT2D eigenvalue weighted by atomic mass is 32.2. The first-order chi connectivity index (χ1) is 9.19. The van der Waals surface area contributed by atoms with E-state index in [1.807, 2.05) is 28.8 Å². The fraction of sp³-hybridized carbons (Fsp3) is 0.533. The molecule has 1 fully saturated rings. The van der Waals surface area contributed by atoms with Crippen LogP contribution in [0.3, 0.4) is 0 Å². The molecule has 0 aliphatic carbocycles. The highest BCUT2D eigenvalue weighted by Crippen LogP contribution is 2.27. The SMILES string of the molecule is COc1ccc(SCC2CCN(C(C)=O)CC2)cc1. The van der Waals surface area contributed by atoms with Crippen molar-refractivity contribution in [2.24, 2.45) is 5.92 Å². The number of nitrogens with zero attached hydrogens (tertiary/aromatic N) is 1. The first-order valence-electron chi connectivity index (χ1n) is 6.71. The maximum absolute atomic E-state index is 11.3. The van der Waals surface area contributed by atoms with Gasteiger partial charge in [-0.3, -0.25) is 4.79 Å². The molecular weight excluding hydrogens is 258 g/mol. The Hall–Kier alpha value is -1.16. The number of ether oxygens (including phenoxy) is 1. The van der Waals surface area contributed by atoms with E-state index in [1.54, 1.807) is 14.0 Å². The average molecular weight is 279 g/mol. The Morgan fingerprint density at radius 2 is 1.95 bits per heavy atom. The number of methoxy groups -OCH3 is 1. The van der Waals surface area contributed by atoms with Gasteiger partial charge in [0.2, 0.25) is 5.91 Å². The second-order valence-corrected chi connectivity index (χ2v) is 6.03. The summed E-state index contributed by atoms with van der Waals surface area (Å²) in [5, 5.41) is 0. The molecular formula is C15H21NO2S. The van der Waals surface area contributed by atoms with Gasteiger partial charge in [0.15, 0.2) is 0 Å². The van der Waals surface area contributed by atoms with Gasteiger partial charge in [-0.15, -0.1) is 11.8 Å². The van der Waals surface area contributed by atoms with Crippen LogP contribution in [0.15, 0.2) is 29.2 Å². The lowest BCUT2D eigenvalue weighted by Gasteiger charge is -2.31. The second kappa shape index (κ2) is 6.85. The van der Waals surface area contributed by atoms with E-state index in [1.165, 1.54) is 4.90 Å². The predicted octanol–water partition coefficient (Wildman–Crippen LogP) is 3.05. The Morgan fingerprint density at radius 3 is 2.47 bits per heavy atom. The molecule has 0 N–H and O–H groups in total. The van der Waals surface area contributed by atoms with Crippen LogP contribution < -0.4 is 4.74 Å². The van der Waals surface area contributed by atoms with Gasteiger partial charge in [-0.1, -0.05) is 0 Å². The van der Waals surface area contributed by atoms with Crippen LogP contribution in [0.5, 0.6) is 5.75 Å². The Morgan fingerprint density at radius 1 is 1.32 bits per heavy atom. The van der Waals surface area contributed by atoms with Crippen molar-refractivity contribution in [3.8, 4) is 5.75 Å². The van der Waals surface area contributed by atoms with Crippen LogP contribution in [0.4, 0.5) is 0 Å². The third kappa shape index (κ3) is 4.16. The molecule has 1 heterocycles. The molecule has 0 saturated carbocycles. The van der Waals surface area contributed by atoms with Crippen LogP contribution in [0.2, 0.25) is 0 Å². The summed E-state index contributed by atoms with van der Waals surface area (Å²) in [6.07, 6.45) is 2.26. The number of hydrogen-bond acceptors (Lipinski definition) is 3. The summed E-state index contributed by atoms with van der Waals surface area (Å²) >= 11 is 1.90. The molecule has 4 heteroatoms. The smallest absolute Gasteiger partial charge is 0.219 e. The molecule has 1 aliphatic heterocycles. The van der Waals surface area contributed by atoms with E-state index in [0.29, 0.717) is 0 Å². The van der Waals surface area contributed by atoms with Gasteiger partial charge in [0.1, 0.15) is 5.75 Å². The van der Waals surface area contributed by atoms with Crippen LogP contribution in [-0.4, -0.2) is 36.8 Å². The first-order valence-corrected chi connectivity index (χ1v) is 7.70. The maximum atomic E-state index is 11.3. The number of thioether (sulfide) groups is 1. The lowest BCUT2D eigenvalue weighted by molar-refractivity contribution is -0.130. The van der Waals surface area contributed by atoms with Crippen molar-refractivity contribution in [3.05, 3.63) is 24.3 Å². The number of rotatable bonds is 4. The molecule has 19 heavy (non-hydrogen) atoms. The molecule has 1 aliphatic rings. The molecule has 1 aromatic carbocycles. The minimum Gasteiger partial charge on any atom is -0.497 e. The first kappa shape index (κ1) is 14.3. The summed E-state index contributed by atoms with van der Waals surface area (Å²) in [7, 11) is 1.69. The summed E-state index contributed by atoms with van der Waals surface area (Å²) in [6.45, 7) is 3.50. The van der Waals surface area contributed by atoms with E-state index < -0.39 is 0 Å². The van der Waals surface area contributed by atoms with Gasteiger partial charge in [0, 0.05) is 30.7 Å². The standard InChI is InChI=1S/C15H21NO2S/c1-12(17)16-9-7-13(8-10-16)11-19-15-5-3-14(18-2)4-6-15/h3-6,13H,7-11H2,1-2H3. The number of carbonyl (C=O) groups excluding carboxylic acids is 1. The van der Waals surface area contributed by atoms with Crippen molar-refractivity contribution >= 4 is 17.7 Å². The molecule has 104 valence electrons. The van der Waals surface area contributed by atoms with Crippen LogP contribution in [0.25, 0.3) is 0 Å². The zero-order chi connectivity index (χ0) is 13.7. The topological polar surface area (TPSA) is 29.5 Å². The Bertz CT molecular complexity index is 411. The summed E-state index contributed by atoms with van der Waals surface area (Å²) in [5.41, 5.74) is 0. The van der Waals surface area contributed by atoms with Crippen molar-refractivity contribution in [1.29, 1.82) is 0 Å². The van der Waals surface area contributed by atoms with E-state index >= 15 is 0 Å². The number of carbonyl (C=O) groups is 1. The minimum atomic E-state index is 0.209. The molecule has 2 rings (SSSR count). The second-order valence-electron chi connectivity index (χ2n) is 4.94. The molecule has 0 atom stereocenters. The molecule has 1 amide bonds. The van der Waals surface area contributed by atoms with Crippen LogP contribution in [0, 0.1) is 5.92 Å². The van der Waals surface area contributed by atoms with E-state index in [2.05, 4.69) is 12.1 Å². The van der Waals surface area contributed by atoms with E-state index in [-0.39, 0.29) is 5.91 Å². The average Bonchev–Trinajstić information content (AvgIpc) is 2.46. The quantitative estimate of drug-likeness (QED) is 0.793. The zero-order valence-corrected chi connectivity index (χ0v) is 12.4. The number of likely N-dealkylation sites (tertiary alicyclic amines) is 1. The molecule has 0 bridgehead atoms. The van der Waals surface area contributed by atoms with Crippen molar-refractivity contribution in [1.82, 2.24) is 4.90 Å². The third-order valence-electron chi connectivity index (χ3n) is 3.60. The van der Waals surface area contributed by atoms with Gasteiger partial charge in [-0.05, 0) is 43.0 Å². The van der Waals surface area contributed by atoms with Crippen molar-refractivity contribution in [3.63, 3.8) is 0 Å². The van der Waals surface area contributed by atoms with Gasteiger partial charge in [-0.2, -0.15) is 0 Å². The minimum absolute atomic E-state index is 0.209. The molecule has 0 aromatic heterocycles. The number of benzene rings is 1. The van der Waals surface area contributed by atoms with E-state index in [9.17, 15) is 4.79 Å². The van der Waals surface area contributed by atoms with Crippen molar-refractivity contribution < 1.29 is 9.53 Å². The molecule has 0 spiro atoms. The van der Waals surface area contributed by atoms with Crippen molar-refractivity contribution in [2.45, 2.75) is 24.7 Å². The fourth-order valence-electron chi connectivity index (χ4n) is 2.30. The van der Waals surface area contributed by atoms with E-state index in [0.717, 1.165) is 43.4 Å². The highest BCUT2D eigenvalue weighted by molar-refractivity contribution is 7.99. The molecule has 0 unspecified atom stereocenters. The normalized spacial score (nSPS) is 16.4. The van der Waals surface area contributed by atoms with Crippen LogP contribution in [-0.2, 0) is 4.79 Å². The van der Waals surface area contributed by atoms with Gasteiger partial charge in [-0.25, -0.2) is 0 Å². The summed E-state index contributed by atoms with van der Waals surface area (Å²) in [5.74, 6) is 2.97. The Labute approximate surface area is 119 Å². The highest BCUT2D eigenvalue weighted by Gasteiger charge is 2.20. The zero-order valence-electron chi connectivity index (χ0n) is 11.6. The van der Waals surface area contributed by atoms with Gasteiger partial charge in [0.25, 0.3) is 0 Å². The van der Waals surface area contributed by atoms with Gasteiger partial charge in [0.05, 0.1) is 7.11 Å². The fourth-order valence-corrected chi connectivity index (χ4v) is 3.39. The summed E-state index contributed by atoms with van der Waals surface area (Å²) in [6, 6.07) is 8.21. The lowest BCUT2D eigenvalue weighted by Crippen LogP contribution is -2.37. The monoisotopic (exact) mass is 279 g/mol. The summed E-state index contributed by atoms with van der Waals surface area (Å²) < 4.78 is 5.15. The maximum Gasteiger partial charge on any atom is 0.219 e. The number of hydrogen-bond donors (Lipinski definition) is 0. The van der Waals surface area contributed by atoms with E-state index in [4.69, 9.17) is 4.74 Å². The lowest BCUT2D eigenvalue weighted by atomic mass is 9.99. The molecule has 1 saturated heterocycles. The van der Waals surface area contributed by atoms with Gasteiger partial charge < -0.3 is 9.64 Å². The molecule has 1 aromatic rings. The molecule has 3 nitrogen and oxygen atoms in total. The molecule has 0 radical (unpaired) electrons. The van der Waals surface area contributed by atoms with Gasteiger partial charge >= 0.3 is 0 Å². The van der Waals surface area contributed by atoms with Crippen LogP contribution in [0.1, 0.15) is 19.8 Å². The Balaban J connectivity index is 1.75. The predicted molar refractivity (Wildman–Crippen MR) is 78.7 cm³/mol. The third-order valence-corrected chi connectivity index (χ3v) is 4.85. The van der Waals surface area contributed by atoms with Crippen LogP contribution >= 0.6 is 11.8 Å². The largest absolute Gasteiger partial charge is 0.497 e.